The fraction of sp³-hybridized carbons (Fsp3) is 0.133. The molecule has 0 aromatic carbocycles. The first-order chi connectivity index (χ1) is 9.76. The predicted molar refractivity (Wildman–Crippen MR) is 84.5 cm³/mol. The molecule has 0 amide bonds. The van der Waals surface area contributed by atoms with Crippen LogP contribution >= 0.6 is 22.6 Å². The van der Waals surface area contributed by atoms with Gasteiger partial charge in [-0.3, -0.25) is 4.98 Å². The van der Waals surface area contributed by atoms with E-state index in [1.807, 2.05) is 6.07 Å². The summed E-state index contributed by atoms with van der Waals surface area (Å²) >= 11 is 2.28. The van der Waals surface area contributed by atoms with Crippen LogP contribution in [0.5, 0.6) is 5.88 Å². The van der Waals surface area contributed by atoms with Crippen LogP contribution in [0.15, 0.2) is 30.6 Å². The Morgan fingerprint density at radius 2 is 2.20 bits per heavy atom. The molecule has 0 saturated heterocycles. The van der Waals surface area contributed by atoms with Crippen LogP contribution in [0.3, 0.4) is 0 Å². The number of ether oxygens (including phenoxy) is 1. The minimum Gasteiger partial charge on any atom is -0.481 e. The van der Waals surface area contributed by atoms with E-state index in [2.05, 4.69) is 55.5 Å². The second-order valence-corrected chi connectivity index (χ2v) is 5.31. The molecule has 0 saturated carbocycles. The molecule has 98 valence electrons. The minimum absolute atomic E-state index is 0.550. The standard InChI is InChI=1S/C15H10IN3O/c1-20-14-8-10(6-7-17-14)2-3-11-9-18-13-5-4-12(16)15(13)19-11/h4,6-9H,5H2,1H3. The Kier molecular flexibility index (Phi) is 3.65. The van der Waals surface area contributed by atoms with Crippen LogP contribution in [0.25, 0.3) is 3.58 Å². The first-order valence-corrected chi connectivity index (χ1v) is 7.08. The van der Waals surface area contributed by atoms with E-state index in [4.69, 9.17) is 4.74 Å². The lowest BCUT2D eigenvalue weighted by Gasteiger charge is -1.99. The van der Waals surface area contributed by atoms with Gasteiger partial charge in [0.15, 0.2) is 0 Å². The number of pyridine rings is 1. The summed E-state index contributed by atoms with van der Waals surface area (Å²) in [4.78, 5) is 13.0. The summed E-state index contributed by atoms with van der Waals surface area (Å²) in [5.74, 6) is 6.62. The Balaban J connectivity index is 1.90. The van der Waals surface area contributed by atoms with Gasteiger partial charge in [-0.1, -0.05) is 12.0 Å². The second-order valence-electron chi connectivity index (χ2n) is 4.14. The van der Waals surface area contributed by atoms with Crippen molar-refractivity contribution in [2.45, 2.75) is 6.42 Å². The fourth-order valence-electron chi connectivity index (χ4n) is 1.83. The molecule has 0 aliphatic heterocycles. The number of aromatic nitrogens is 3. The zero-order valence-corrected chi connectivity index (χ0v) is 12.9. The number of nitrogens with zero attached hydrogens (tertiary/aromatic N) is 3. The number of halogens is 1. The van der Waals surface area contributed by atoms with Crippen molar-refractivity contribution >= 4 is 26.2 Å². The summed E-state index contributed by atoms with van der Waals surface area (Å²) in [6.45, 7) is 0. The Bertz CT molecular complexity index is 759. The van der Waals surface area contributed by atoms with Crippen molar-refractivity contribution in [2.24, 2.45) is 0 Å². The maximum Gasteiger partial charge on any atom is 0.214 e. The van der Waals surface area contributed by atoms with Crippen LogP contribution in [-0.2, 0) is 6.42 Å². The largest absolute Gasteiger partial charge is 0.481 e. The molecule has 4 nitrogen and oxygen atoms in total. The van der Waals surface area contributed by atoms with Crippen molar-refractivity contribution < 1.29 is 4.74 Å². The molecule has 0 fully saturated rings. The van der Waals surface area contributed by atoms with Crippen molar-refractivity contribution in [3.8, 4) is 17.7 Å². The average Bonchev–Trinajstić information content (AvgIpc) is 2.86. The topological polar surface area (TPSA) is 47.9 Å². The van der Waals surface area contributed by atoms with Crippen molar-refractivity contribution in [1.29, 1.82) is 0 Å². The van der Waals surface area contributed by atoms with E-state index in [1.54, 1.807) is 25.6 Å². The fourth-order valence-corrected chi connectivity index (χ4v) is 2.48. The van der Waals surface area contributed by atoms with E-state index >= 15 is 0 Å². The molecule has 0 radical (unpaired) electrons. The van der Waals surface area contributed by atoms with Crippen molar-refractivity contribution in [1.82, 2.24) is 15.0 Å². The Labute approximate surface area is 130 Å². The van der Waals surface area contributed by atoms with Gasteiger partial charge >= 0.3 is 0 Å². The third-order valence-corrected chi connectivity index (χ3v) is 3.78. The quantitative estimate of drug-likeness (QED) is 0.568. The van der Waals surface area contributed by atoms with Crippen molar-refractivity contribution in [3.05, 3.63) is 53.2 Å². The molecule has 20 heavy (non-hydrogen) atoms. The molecule has 2 heterocycles. The zero-order valence-electron chi connectivity index (χ0n) is 10.7. The Morgan fingerprint density at radius 1 is 1.30 bits per heavy atom. The Hall–Kier alpha value is -1.94. The molecule has 0 atom stereocenters. The predicted octanol–water partition coefficient (Wildman–Crippen LogP) is 2.61. The Morgan fingerprint density at radius 3 is 3.05 bits per heavy atom. The highest BCUT2D eigenvalue weighted by Crippen LogP contribution is 2.28. The number of allylic oxidation sites excluding steroid dienone is 1. The number of rotatable bonds is 1. The van der Waals surface area contributed by atoms with Crippen LogP contribution in [0.4, 0.5) is 0 Å². The van der Waals surface area contributed by atoms with Gasteiger partial charge in [-0.2, -0.15) is 0 Å². The number of fused-ring (bicyclic) bond motifs is 1. The monoisotopic (exact) mass is 375 g/mol. The third kappa shape index (κ3) is 2.65. The summed E-state index contributed by atoms with van der Waals surface area (Å²) in [5.41, 5.74) is 3.48. The van der Waals surface area contributed by atoms with Gasteiger partial charge in [0.25, 0.3) is 0 Å². The summed E-state index contributed by atoms with van der Waals surface area (Å²) < 4.78 is 6.20. The maximum absolute atomic E-state index is 5.07. The normalized spacial score (nSPS) is 12.2. The molecule has 0 N–H and O–H groups in total. The molecule has 0 unspecified atom stereocenters. The van der Waals surface area contributed by atoms with Crippen LogP contribution in [0.2, 0.25) is 0 Å². The highest BCUT2D eigenvalue weighted by atomic mass is 127. The molecule has 1 aliphatic rings. The lowest BCUT2D eigenvalue weighted by atomic mass is 10.2. The van der Waals surface area contributed by atoms with Crippen molar-refractivity contribution in [2.75, 3.05) is 7.11 Å². The van der Waals surface area contributed by atoms with E-state index in [9.17, 15) is 0 Å². The number of hydrogen-bond acceptors (Lipinski definition) is 4. The molecule has 1 aliphatic carbocycles. The highest BCUT2D eigenvalue weighted by molar-refractivity contribution is 14.1. The molecule has 0 bridgehead atoms. The molecular formula is C15H10IN3O. The smallest absolute Gasteiger partial charge is 0.214 e. The number of hydrogen-bond donors (Lipinski definition) is 0. The van der Waals surface area contributed by atoms with E-state index < -0.39 is 0 Å². The van der Waals surface area contributed by atoms with Gasteiger partial charge in [0.2, 0.25) is 5.88 Å². The molecular weight excluding hydrogens is 365 g/mol. The maximum atomic E-state index is 5.07. The van der Waals surface area contributed by atoms with Gasteiger partial charge < -0.3 is 4.74 Å². The van der Waals surface area contributed by atoms with Gasteiger partial charge in [0.1, 0.15) is 5.69 Å². The molecule has 2 aromatic heterocycles. The second kappa shape index (κ2) is 5.59. The van der Waals surface area contributed by atoms with Gasteiger partial charge in [-0.25, -0.2) is 9.97 Å². The molecule has 2 aromatic rings. The third-order valence-electron chi connectivity index (χ3n) is 2.83. The average molecular weight is 375 g/mol. The van der Waals surface area contributed by atoms with E-state index in [0.717, 1.165) is 27.0 Å². The van der Waals surface area contributed by atoms with Crippen molar-refractivity contribution in [3.63, 3.8) is 0 Å². The van der Waals surface area contributed by atoms with Crippen LogP contribution in [0.1, 0.15) is 22.6 Å². The van der Waals surface area contributed by atoms with Gasteiger partial charge in [0.05, 0.1) is 24.7 Å². The van der Waals surface area contributed by atoms with Crippen LogP contribution in [0, 0.1) is 11.8 Å². The van der Waals surface area contributed by atoms with E-state index in [-0.39, 0.29) is 0 Å². The molecule has 5 heteroatoms. The summed E-state index contributed by atoms with van der Waals surface area (Å²) in [6, 6.07) is 3.62. The molecule has 3 rings (SSSR count). The van der Waals surface area contributed by atoms with Gasteiger partial charge in [-0.05, 0) is 34.6 Å². The lowest BCUT2D eigenvalue weighted by Crippen LogP contribution is -1.95. The van der Waals surface area contributed by atoms with Crippen LogP contribution < -0.4 is 4.74 Å². The highest BCUT2D eigenvalue weighted by Gasteiger charge is 2.14. The van der Waals surface area contributed by atoms with E-state index in [0.29, 0.717) is 11.6 Å². The van der Waals surface area contributed by atoms with Gasteiger partial charge in [-0.15, -0.1) is 0 Å². The first-order valence-electron chi connectivity index (χ1n) is 6.00. The summed E-state index contributed by atoms with van der Waals surface area (Å²) in [7, 11) is 1.58. The summed E-state index contributed by atoms with van der Waals surface area (Å²) in [6.07, 6.45) is 6.36. The van der Waals surface area contributed by atoms with Crippen LogP contribution in [-0.4, -0.2) is 22.1 Å². The first kappa shape index (κ1) is 13.1. The minimum atomic E-state index is 0.550. The lowest BCUT2D eigenvalue weighted by molar-refractivity contribution is 0.398. The molecule has 0 spiro atoms. The van der Waals surface area contributed by atoms with E-state index in [1.165, 1.54) is 0 Å². The van der Waals surface area contributed by atoms with Gasteiger partial charge in [0, 0.05) is 27.8 Å². The zero-order chi connectivity index (χ0) is 13.9. The summed E-state index contributed by atoms with van der Waals surface area (Å²) in [5, 5.41) is 0. The SMILES string of the molecule is COc1cc(C#Cc2cnc3c(n2)C(I)=CC3)ccn1. The number of methoxy groups -OCH3 is 1.